The monoisotopic (exact) mass is 140 g/mol. The normalized spacial score (nSPS) is 38.3. The number of hydrogen-bond acceptors (Lipinski definition) is 2. The molecule has 56 valence electrons. The van der Waals surface area contributed by atoms with Crippen molar-refractivity contribution in [3.8, 4) is 0 Å². The molecule has 1 aliphatic heterocycles. The second kappa shape index (κ2) is 2.27. The third kappa shape index (κ3) is 0.833. The van der Waals surface area contributed by atoms with Crippen molar-refractivity contribution in [1.82, 2.24) is 0 Å². The Labute approximate surface area is 60.5 Å². The lowest BCUT2D eigenvalue weighted by atomic mass is 9.97. The molecule has 1 saturated carbocycles. The first-order valence-corrected chi connectivity index (χ1v) is 3.86. The molecule has 2 aliphatic rings. The van der Waals surface area contributed by atoms with Crippen molar-refractivity contribution in [1.29, 1.82) is 0 Å². The molecule has 0 aromatic rings. The molecule has 1 fully saturated rings. The van der Waals surface area contributed by atoms with Crippen LogP contribution in [-0.2, 0) is 4.74 Å². The van der Waals surface area contributed by atoms with Gasteiger partial charge >= 0.3 is 0 Å². The van der Waals surface area contributed by atoms with E-state index in [0.29, 0.717) is 5.92 Å². The van der Waals surface area contributed by atoms with Gasteiger partial charge in [0.05, 0.1) is 19.0 Å². The summed E-state index contributed by atoms with van der Waals surface area (Å²) in [7, 11) is 0. The van der Waals surface area contributed by atoms with Crippen LogP contribution in [0.15, 0.2) is 11.8 Å². The summed E-state index contributed by atoms with van der Waals surface area (Å²) in [5.74, 6) is 0.425. The topological polar surface area (TPSA) is 29.5 Å². The molecule has 0 unspecified atom stereocenters. The molecule has 0 radical (unpaired) electrons. The lowest BCUT2D eigenvalue weighted by molar-refractivity contribution is 0.107. The fourth-order valence-electron chi connectivity index (χ4n) is 1.83. The van der Waals surface area contributed by atoms with Gasteiger partial charge in [-0.15, -0.1) is 0 Å². The van der Waals surface area contributed by atoms with Gasteiger partial charge < -0.3 is 9.84 Å². The number of fused-ring (bicyclic) bond motifs is 1. The number of rotatable bonds is 0. The van der Waals surface area contributed by atoms with Crippen LogP contribution >= 0.6 is 0 Å². The van der Waals surface area contributed by atoms with Gasteiger partial charge in [0.1, 0.15) is 0 Å². The molecule has 10 heavy (non-hydrogen) atoms. The Hall–Kier alpha value is -0.500. The number of hydrogen-bond donors (Lipinski definition) is 1. The first-order valence-electron chi connectivity index (χ1n) is 3.86. The van der Waals surface area contributed by atoms with Crippen LogP contribution in [0, 0.1) is 5.92 Å². The van der Waals surface area contributed by atoms with Gasteiger partial charge in [0.15, 0.2) is 0 Å². The van der Waals surface area contributed by atoms with Gasteiger partial charge in [-0.2, -0.15) is 0 Å². The van der Waals surface area contributed by atoms with E-state index in [1.165, 1.54) is 5.57 Å². The second-order valence-electron chi connectivity index (χ2n) is 3.06. The zero-order chi connectivity index (χ0) is 6.97. The van der Waals surface area contributed by atoms with Crippen LogP contribution in [0.4, 0.5) is 0 Å². The van der Waals surface area contributed by atoms with E-state index in [2.05, 4.69) is 0 Å². The zero-order valence-corrected chi connectivity index (χ0v) is 5.92. The maximum Gasteiger partial charge on any atom is 0.0880 e. The first kappa shape index (κ1) is 6.23. The lowest BCUT2D eigenvalue weighted by Gasteiger charge is -2.19. The zero-order valence-electron chi connectivity index (χ0n) is 5.92. The minimum atomic E-state index is -0.0878. The van der Waals surface area contributed by atoms with Gasteiger partial charge in [-0.05, 0) is 24.8 Å². The van der Waals surface area contributed by atoms with Crippen molar-refractivity contribution in [2.24, 2.45) is 5.92 Å². The first-order chi connectivity index (χ1) is 4.88. The highest BCUT2D eigenvalue weighted by atomic mass is 16.5. The molecule has 2 atom stereocenters. The number of aliphatic hydroxyl groups is 1. The highest BCUT2D eigenvalue weighted by Crippen LogP contribution is 2.35. The van der Waals surface area contributed by atoms with Crippen LogP contribution in [0.3, 0.4) is 0 Å². The smallest absolute Gasteiger partial charge is 0.0880 e. The lowest BCUT2D eigenvalue weighted by Crippen LogP contribution is -2.18. The molecule has 2 rings (SSSR count). The number of aliphatic hydroxyl groups excluding tert-OH is 1. The Morgan fingerprint density at radius 3 is 3.20 bits per heavy atom. The van der Waals surface area contributed by atoms with E-state index in [0.717, 1.165) is 25.9 Å². The minimum Gasteiger partial charge on any atom is -0.501 e. The van der Waals surface area contributed by atoms with Crippen molar-refractivity contribution in [2.75, 3.05) is 6.61 Å². The summed E-state index contributed by atoms with van der Waals surface area (Å²) in [5.41, 5.74) is 1.32. The SMILES string of the molecule is O[C@@H]1CCC2=COCC[C@H]21. The molecule has 1 N–H and O–H groups in total. The van der Waals surface area contributed by atoms with E-state index in [-0.39, 0.29) is 6.10 Å². The number of ether oxygens (including phenoxy) is 1. The summed E-state index contributed by atoms with van der Waals surface area (Å²) in [5, 5.41) is 9.43. The van der Waals surface area contributed by atoms with Gasteiger partial charge in [-0.3, -0.25) is 0 Å². The van der Waals surface area contributed by atoms with Gasteiger partial charge in [0.25, 0.3) is 0 Å². The molecule has 0 spiro atoms. The molecular weight excluding hydrogens is 128 g/mol. The molecule has 0 bridgehead atoms. The summed E-state index contributed by atoms with van der Waals surface area (Å²) in [6, 6.07) is 0. The van der Waals surface area contributed by atoms with E-state index in [9.17, 15) is 5.11 Å². The quantitative estimate of drug-likeness (QED) is 0.545. The Morgan fingerprint density at radius 2 is 2.40 bits per heavy atom. The van der Waals surface area contributed by atoms with Crippen molar-refractivity contribution in [2.45, 2.75) is 25.4 Å². The predicted octanol–water partition coefficient (Wildman–Crippen LogP) is 1.06. The predicted molar refractivity (Wildman–Crippen MR) is 37.4 cm³/mol. The summed E-state index contributed by atoms with van der Waals surface area (Å²) in [6.07, 6.45) is 4.72. The molecule has 0 amide bonds. The summed E-state index contributed by atoms with van der Waals surface area (Å²) in [4.78, 5) is 0. The Morgan fingerprint density at radius 1 is 1.50 bits per heavy atom. The van der Waals surface area contributed by atoms with E-state index in [1.807, 2.05) is 6.26 Å². The van der Waals surface area contributed by atoms with Crippen LogP contribution in [-0.4, -0.2) is 17.8 Å². The Bertz CT molecular complexity index is 163. The molecule has 2 heteroatoms. The van der Waals surface area contributed by atoms with Crippen LogP contribution in [0.5, 0.6) is 0 Å². The van der Waals surface area contributed by atoms with Crippen LogP contribution in [0.2, 0.25) is 0 Å². The van der Waals surface area contributed by atoms with E-state index >= 15 is 0 Å². The van der Waals surface area contributed by atoms with E-state index < -0.39 is 0 Å². The van der Waals surface area contributed by atoms with E-state index in [4.69, 9.17) is 4.74 Å². The molecule has 0 aromatic heterocycles. The third-order valence-corrected chi connectivity index (χ3v) is 2.45. The summed E-state index contributed by atoms with van der Waals surface area (Å²) >= 11 is 0. The molecule has 1 aliphatic carbocycles. The average molecular weight is 140 g/mol. The van der Waals surface area contributed by atoms with Crippen molar-refractivity contribution >= 4 is 0 Å². The minimum absolute atomic E-state index is 0.0878. The second-order valence-corrected chi connectivity index (χ2v) is 3.06. The Balaban J connectivity index is 2.17. The molecule has 2 nitrogen and oxygen atoms in total. The van der Waals surface area contributed by atoms with Crippen LogP contribution < -0.4 is 0 Å². The van der Waals surface area contributed by atoms with Crippen molar-refractivity contribution in [3.63, 3.8) is 0 Å². The molecule has 0 saturated heterocycles. The average Bonchev–Trinajstić information content (AvgIpc) is 2.34. The summed E-state index contributed by atoms with van der Waals surface area (Å²) < 4.78 is 5.16. The molecule has 1 heterocycles. The van der Waals surface area contributed by atoms with Crippen LogP contribution in [0.1, 0.15) is 19.3 Å². The van der Waals surface area contributed by atoms with Gasteiger partial charge in [-0.1, -0.05) is 0 Å². The standard InChI is InChI=1S/C8H12O2/c9-8-2-1-6-5-10-4-3-7(6)8/h5,7-9H,1-4H2/t7-,8-/m1/s1. The van der Waals surface area contributed by atoms with Crippen molar-refractivity contribution < 1.29 is 9.84 Å². The highest BCUT2D eigenvalue weighted by molar-refractivity contribution is 5.13. The third-order valence-electron chi connectivity index (χ3n) is 2.45. The van der Waals surface area contributed by atoms with Crippen molar-refractivity contribution in [3.05, 3.63) is 11.8 Å². The summed E-state index contributed by atoms with van der Waals surface area (Å²) in [6.45, 7) is 0.783. The molecule has 0 aromatic carbocycles. The van der Waals surface area contributed by atoms with Gasteiger partial charge in [0.2, 0.25) is 0 Å². The Kier molecular flexibility index (Phi) is 1.42. The fourth-order valence-corrected chi connectivity index (χ4v) is 1.83. The largest absolute Gasteiger partial charge is 0.501 e. The highest BCUT2D eigenvalue weighted by Gasteiger charge is 2.31. The molecular formula is C8H12O2. The fraction of sp³-hybridized carbons (Fsp3) is 0.750. The van der Waals surface area contributed by atoms with Gasteiger partial charge in [-0.25, -0.2) is 0 Å². The van der Waals surface area contributed by atoms with Crippen LogP contribution in [0.25, 0.3) is 0 Å². The maximum absolute atomic E-state index is 9.43. The van der Waals surface area contributed by atoms with E-state index in [1.54, 1.807) is 0 Å². The maximum atomic E-state index is 9.43. The van der Waals surface area contributed by atoms with Gasteiger partial charge in [0, 0.05) is 5.92 Å².